The fourth-order valence-electron chi connectivity index (χ4n) is 4.58. The molecule has 1 aliphatic heterocycles. The van der Waals surface area contributed by atoms with Crippen LogP contribution in [0.1, 0.15) is 31.2 Å². The standard InChI is InChI=1S/C19H21O2P/c20-19(16-9-3-1-4-10-16)14-15-8-7-13-18(15)22(19,21)17-11-5-2-6-12-17/h1-6,9-12,15,18,20H,7-8,13-14H2. The maximum Gasteiger partial charge on any atom is 0.153 e. The van der Waals surface area contributed by atoms with Crippen molar-refractivity contribution in [3.63, 3.8) is 0 Å². The highest BCUT2D eigenvalue weighted by molar-refractivity contribution is 7.73. The molecule has 0 amide bonds. The number of hydrogen-bond donors (Lipinski definition) is 1. The first-order valence-corrected chi connectivity index (χ1v) is 9.87. The topological polar surface area (TPSA) is 37.3 Å². The van der Waals surface area contributed by atoms with Gasteiger partial charge in [-0.05, 0) is 30.7 Å². The van der Waals surface area contributed by atoms with Gasteiger partial charge in [0, 0.05) is 11.0 Å². The Kier molecular flexibility index (Phi) is 3.29. The second kappa shape index (κ2) is 5.08. The molecule has 3 heteroatoms. The molecular weight excluding hydrogens is 291 g/mol. The molecule has 2 aliphatic rings. The Balaban J connectivity index is 1.93. The van der Waals surface area contributed by atoms with E-state index >= 15 is 0 Å². The summed E-state index contributed by atoms with van der Waals surface area (Å²) in [6, 6.07) is 19.3. The van der Waals surface area contributed by atoms with E-state index in [4.69, 9.17) is 0 Å². The molecule has 4 unspecified atom stereocenters. The van der Waals surface area contributed by atoms with Gasteiger partial charge in [-0.25, -0.2) is 0 Å². The Bertz CT molecular complexity index is 713. The van der Waals surface area contributed by atoms with E-state index in [9.17, 15) is 9.67 Å². The van der Waals surface area contributed by atoms with Gasteiger partial charge in [0.2, 0.25) is 0 Å². The first-order valence-electron chi connectivity index (χ1n) is 8.09. The highest BCUT2D eigenvalue weighted by Crippen LogP contribution is 2.76. The van der Waals surface area contributed by atoms with Gasteiger partial charge in [0.15, 0.2) is 7.14 Å². The third-order valence-electron chi connectivity index (χ3n) is 5.56. The van der Waals surface area contributed by atoms with Gasteiger partial charge in [-0.3, -0.25) is 0 Å². The van der Waals surface area contributed by atoms with Gasteiger partial charge in [-0.15, -0.1) is 0 Å². The summed E-state index contributed by atoms with van der Waals surface area (Å²) >= 11 is 0. The molecule has 0 bridgehead atoms. The van der Waals surface area contributed by atoms with Crippen LogP contribution in [0.25, 0.3) is 0 Å². The van der Waals surface area contributed by atoms with Crippen LogP contribution in [0.5, 0.6) is 0 Å². The summed E-state index contributed by atoms with van der Waals surface area (Å²) in [7, 11) is -2.91. The first-order chi connectivity index (χ1) is 10.7. The molecule has 4 atom stereocenters. The summed E-state index contributed by atoms with van der Waals surface area (Å²) < 4.78 is 14.2. The van der Waals surface area contributed by atoms with Crippen molar-refractivity contribution in [2.75, 3.05) is 0 Å². The second-order valence-electron chi connectivity index (χ2n) is 6.64. The van der Waals surface area contributed by atoms with Crippen LogP contribution < -0.4 is 5.30 Å². The van der Waals surface area contributed by atoms with E-state index in [1.54, 1.807) is 0 Å². The van der Waals surface area contributed by atoms with Crippen LogP contribution in [0.15, 0.2) is 60.7 Å². The van der Waals surface area contributed by atoms with Gasteiger partial charge in [0.05, 0.1) is 0 Å². The van der Waals surface area contributed by atoms with Crippen molar-refractivity contribution in [1.29, 1.82) is 0 Å². The van der Waals surface area contributed by atoms with Crippen molar-refractivity contribution < 1.29 is 9.67 Å². The van der Waals surface area contributed by atoms with Crippen molar-refractivity contribution in [3.05, 3.63) is 66.2 Å². The van der Waals surface area contributed by atoms with Gasteiger partial charge in [0.25, 0.3) is 0 Å². The third-order valence-corrected chi connectivity index (χ3v) is 9.78. The number of fused-ring (bicyclic) bond motifs is 1. The van der Waals surface area contributed by atoms with Gasteiger partial charge < -0.3 is 9.67 Å². The van der Waals surface area contributed by atoms with Crippen molar-refractivity contribution >= 4 is 12.4 Å². The van der Waals surface area contributed by atoms with E-state index in [0.717, 1.165) is 30.1 Å². The maximum atomic E-state index is 14.2. The molecule has 1 N–H and O–H groups in total. The van der Waals surface area contributed by atoms with E-state index in [-0.39, 0.29) is 5.66 Å². The summed E-state index contributed by atoms with van der Waals surface area (Å²) in [5, 5.41) is 11.2. The maximum absolute atomic E-state index is 14.2. The molecule has 1 saturated heterocycles. The third kappa shape index (κ3) is 1.81. The van der Waals surface area contributed by atoms with Crippen molar-refractivity contribution in [1.82, 2.24) is 0 Å². The Morgan fingerprint density at radius 3 is 2.27 bits per heavy atom. The first kappa shape index (κ1) is 14.2. The SMILES string of the molecule is O=P1(c2ccccc2)C2CCCC2CC1(O)c1ccccc1. The quantitative estimate of drug-likeness (QED) is 0.848. The fourth-order valence-corrected chi connectivity index (χ4v) is 8.99. The van der Waals surface area contributed by atoms with Crippen LogP contribution in [-0.2, 0) is 9.91 Å². The minimum Gasteiger partial charge on any atom is -0.377 e. The molecule has 4 rings (SSSR count). The monoisotopic (exact) mass is 312 g/mol. The smallest absolute Gasteiger partial charge is 0.153 e. The summed E-state index contributed by atoms with van der Waals surface area (Å²) in [6.07, 6.45) is 3.84. The average molecular weight is 312 g/mol. The number of benzene rings is 2. The Morgan fingerprint density at radius 1 is 0.955 bits per heavy atom. The molecule has 114 valence electrons. The van der Waals surface area contributed by atoms with Crippen LogP contribution in [0.4, 0.5) is 0 Å². The van der Waals surface area contributed by atoms with Gasteiger partial charge in [-0.2, -0.15) is 0 Å². The molecular formula is C19H21O2P. The largest absolute Gasteiger partial charge is 0.377 e. The molecule has 22 heavy (non-hydrogen) atoms. The minimum atomic E-state index is -2.91. The van der Waals surface area contributed by atoms with Gasteiger partial charge in [0.1, 0.15) is 5.34 Å². The zero-order chi connectivity index (χ0) is 15.2. The van der Waals surface area contributed by atoms with E-state index in [1.165, 1.54) is 0 Å². The zero-order valence-electron chi connectivity index (χ0n) is 12.6. The van der Waals surface area contributed by atoms with E-state index < -0.39 is 12.5 Å². The predicted molar refractivity (Wildman–Crippen MR) is 89.8 cm³/mol. The molecule has 0 radical (unpaired) electrons. The van der Waals surface area contributed by atoms with Crippen molar-refractivity contribution in [2.45, 2.75) is 36.7 Å². The molecule has 2 aromatic carbocycles. The number of aliphatic hydroxyl groups is 1. The van der Waals surface area contributed by atoms with Gasteiger partial charge in [-0.1, -0.05) is 67.1 Å². The van der Waals surface area contributed by atoms with Crippen LogP contribution >= 0.6 is 7.14 Å². The van der Waals surface area contributed by atoms with E-state index in [1.807, 2.05) is 60.7 Å². The lowest BCUT2D eigenvalue weighted by molar-refractivity contribution is 0.110. The van der Waals surface area contributed by atoms with Crippen LogP contribution in [0, 0.1) is 5.92 Å². The lowest BCUT2D eigenvalue weighted by atomic mass is 9.96. The molecule has 0 aromatic heterocycles. The molecule has 1 aliphatic carbocycles. The van der Waals surface area contributed by atoms with E-state index in [2.05, 4.69) is 0 Å². The number of rotatable bonds is 2. The summed E-state index contributed by atoms with van der Waals surface area (Å²) in [4.78, 5) is 0. The average Bonchev–Trinajstić information content (AvgIpc) is 3.11. The minimum absolute atomic E-state index is 0.139. The Labute approximate surface area is 131 Å². The van der Waals surface area contributed by atoms with Crippen LogP contribution in [0.2, 0.25) is 0 Å². The summed E-state index contributed by atoms with van der Waals surface area (Å²) in [5.41, 5.74) is 0.955. The Morgan fingerprint density at radius 2 is 1.59 bits per heavy atom. The highest BCUT2D eigenvalue weighted by Gasteiger charge is 2.63. The molecule has 2 nitrogen and oxygen atoms in total. The van der Waals surface area contributed by atoms with Crippen molar-refractivity contribution in [2.24, 2.45) is 5.92 Å². The predicted octanol–water partition coefficient (Wildman–Crippen LogP) is 4.09. The van der Waals surface area contributed by atoms with Gasteiger partial charge >= 0.3 is 0 Å². The summed E-state index contributed by atoms with van der Waals surface area (Å²) in [6.45, 7) is 0. The van der Waals surface area contributed by atoms with Crippen molar-refractivity contribution in [3.8, 4) is 0 Å². The zero-order valence-corrected chi connectivity index (χ0v) is 13.5. The Hall–Kier alpha value is -1.37. The lowest BCUT2D eigenvalue weighted by Crippen LogP contribution is -2.29. The fraction of sp³-hybridized carbons (Fsp3) is 0.368. The second-order valence-corrected chi connectivity index (χ2v) is 9.87. The normalized spacial score (nSPS) is 37.1. The molecule has 2 aromatic rings. The molecule has 2 fully saturated rings. The highest BCUT2D eigenvalue weighted by atomic mass is 31.2. The van der Waals surface area contributed by atoms with Crippen LogP contribution in [0.3, 0.4) is 0 Å². The summed E-state index contributed by atoms with van der Waals surface area (Å²) in [5.74, 6) is 0.385. The number of hydrogen-bond acceptors (Lipinski definition) is 2. The van der Waals surface area contributed by atoms with Crippen LogP contribution in [-0.4, -0.2) is 10.8 Å². The molecule has 1 heterocycles. The lowest BCUT2D eigenvalue weighted by Gasteiger charge is -2.34. The van der Waals surface area contributed by atoms with E-state index in [0.29, 0.717) is 12.3 Å². The molecule has 0 spiro atoms. The molecule has 1 saturated carbocycles.